The van der Waals surface area contributed by atoms with Crippen molar-refractivity contribution in [1.29, 1.82) is 0 Å². The Morgan fingerprint density at radius 2 is 1.84 bits per heavy atom. The van der Waals surface area contributed by atoms with E-state index in [0.29, 0.717) is 11.8 Å². The molecule has 6 nitrogen and oxygen atoms in total. The molecule has 2 aliphatic heterocycles. The van der Waals surface area contributed by atoms with Crippen molar-refractivity contribution in [3.63, 3.8) is 0 Å². The van der Waals surface area contributed by atoms with Gasteiger partial charge in [-0.05, 0) is 87.0 Å². The van der Waals surface area contributed by atoms with Crippen LogP contribution in [0.25, 0.3) is 22.2 Å². The number of alkyl halides is 2. The van der Waals surface area contributed by atoms with Crippen LogP contribution >= 0.6 is 0 Å². The van der Waals surface area contributed by atoms with Crippen molar-refractivity contribution in [2.24, 2.45) is 0 Å². The monoisotopic (exact) mass is 524 g/mol. The third-order valence-corrected chi connectivity index (χ3v) is 8.14. The zero-order valence-corrected chi connectivity index (χ0v) is 22.7. The summed E-state index contributed by atoms with van der Waals surface area (Å²) in [6.07, 6.45) is 1.37. The molecule has 4 heterocycles. The molecule has 38 heavy (non-hydrogen) atoms. The van der Waals surface area contributed by atoms with Gasteiger partial charge in [-0.25, -0.2) is 8.78 Å². The second kappa shape index (κ2) is 10.4. The van der Waals surface area contributed by atoms with Gasteiger partial charge in [0.1, 0.15) is 0 Å². The van der Waals surface area contributed by atoms with Gasteiger partial charge >= 0.3 is 0 Å². The third-order valence-electron chi connectivity index (χ3n) is 8.14. The summed E-state index contributed by atoms with van der Waals surface area (Å²) in [6, 6.07) is 10.2. The summed E-state index contributed by atoms with van der Waals surface area (Å²) in [7, 11) is 0. The van der Waals surface area contributed by atoms with Crippen molar-refractivity contribution < 1.29 is 18.7 Å². The van der Waals surface area contributed by atoms with E-state index in [1.54, 1.807) is 0 Å². The summed E-state index contributed by atoms with van der Waals surface area (Å²) in [5.41, 5.74) is 8.07. The number of pyridine rings is 1. The lowest BCUT2D eigenvalue weighted by Crippen LogP contribution is -2.46. The normalized spacial score (nSPS) is 20.6. The Labute approximate surface area is 223 Å². The Hall–Kier alpha value is -2.84. The molecule has 3 aromatic rings. The minimum absolute atomic E-state index is 0.127. The van der Waals surface area contributed by atoms with Gasteiger partial charge in [-0.3, -0.25) is 14.7 Å². The predicted molar refractivity (Wildman–Crippen MR) is 146 cm³/mol. The van der Waals surface area contributed by atoms with Gasteiger partial charge in [-0.1, -0.05) is 19.9 Å². The molecule has 2 aliphatic rings. The van der Waals surface area contributed by atoms with Gasteiger partial charge in [0, 0.05) is 34.3 Å². The fourth-order valence-electron chi connectivity index (χ4n) is 6.35. The number of carbonyl (C=O) groups is 1. The number of likely N-dealkylation sites (tertiary alicyclic amines) is 2. The fourth-order valence-corrected chi connectivity index (χ4v) is 6.35. The lowest BCUT2D eigenvalue weighted by atomic mass is 9.87. The number of amides is 1. The van der Waals surface area contributed by atoms with E-state index in [1.807, 2.05) is 13.8 Å². The van der Waals surface area contributed by atoms with Crippen LogP contribution in [-0.4, -0.2) is 75.5 Å². The molecule has 1 aromatic carbocycles. The van der Waals surface area contributed by atoms with Gasteiger partial charge in [-0.2, -0.15) is 0 Å². The first kappa shape index (κ1) is 26.8. The number of carbonyl (C=O) groups excluding carboxylic acids is 1. The number of benzene rings is 1. The topological polar surface area (TPSA) is 72.5 Å². The Kier molecular flexibility index (Phi) is 7.31. The molecule has 0 bridgehead atoms. The maximum Gasteiger partial charge on any atom is 0.267 e. The minimum Gasteiger partial charge on any atom is -0.394 e. The molecule has 2 N–H and O–H groups in total. The highest BCUT2D eigenvalue weighted by atomic mass is 19.3. The summed E-state index contributed by atoms with van der Waals surface area (Å²) < 4.78 is 27.6. The number of nitrogens with one attached hydrogen (secondary N) is 1. The van der Waals surface area contributed by atoms with Gasteiger partial charge < -0.3 is 15.0 Å². The summed E-state index contributed by atoms with van der Waals surface area (Å²) in [4.78, 5) is 24.2. The number of fused-ring (bicyclic) bond motifs is 1. The Bertz CT molecular complexity index is 1310. The fraction of sp³-hybridized carbons (Fsp3) is 0.533. The van der Waals surface area contributed by atoms with Crippen LogP contribution in [0.5, 0.6) is 0 Å². The second-order valence-electron chi connectivity index (χ2n) is 11.5. The number of aromatic nitrogens is 2. The van der Waals surface area contributed by atoms with E-state index in [4.69, 9.17) is 0 Å². The highest BCUT2D eigenvalue weighted by Gasteiger charge is 2.46. The van der Waals surface area contributed by atoms with Crippen molar-refractivity contribution in [3.05, 3.63) is 52.8 Å². The quantitative estimate of drug-likeness (QED) is 0.454. The van der Waals surface area contributed by atoms with Crippen LogP contribution in [0.3, 0.4) is 0 Å². The van der Waals surface area contributed by atoms with Crippen molar-refractivity contribution in [2.45, 2.75) is 70.8 Å². The minimum atomic E-state index is -2.92. The summed E-state index contributed by atoms with van der Waals surface area (Å²) in [5, 5.41) is 10.7. The molecule has 0 saturated carbocycles. The number of aliphatic hydroxyl groups excluding tert-OH is 1. The Morgan fingerprint density at radius 3 is 2.47 bits per heavy atom. The van der Waals surface area contributed by atoms with E-state index in [1.165, 1.54) is 21.4 Å². The van der Waals surface area contributed by atoms with Crippen LogP contribution < -0.4 is 0 Å². The maximum atomic E-state index is 13.8. The first-order valence-corrected chi connectivity index (χ1v) is 13.7. The molecule has 2 aromatic heterocycles. The molecule has 2 saturated heterocycles. The number of piperidine rings is 1. The standard InChI is InChI=1S/C30H38F2N4O2/c1-18(2)28-25-13-22(5-6-26(25)34-29(28)23-11-19(3)33-20(4)12-23)21-7-9-35(10-8-21)15-27(38)36-17-30(31,32)14-24(36)16-37/h5-6,11-13,18,21,24,34,37H,7-10,14-17H2,1-4H3. The Morgan fingerprint density at radius 1 is 1.16 bits per heavy atom. The van der Waals surface area contributed by atoms with E-state index in [0.717, 1.165) is 54.1 Å². The van der Waals surface area contributed by atoms with Crippen LogP contribution in [0.1, 0.15) is 67.5 Å². The van der Waals surface area contributed by atoms with Crippen molar-refractivity contribution >= 4 is 16.8 Å². The molecule has 1 atom stereocenters. The molecular weight excluding hydrogens is 486 g/mol. The summed E-state index contributed by atoms with van der Waals surface area (Å²) in [6.45, 7) is 9.10. The highest BCUT2D eigenvalue weighted by Crippen LogP contribution is 2.39. The number of hydrogen-bond donors (Lipinski definition) is 2. The van der Waals surface area contributed by atoms with Crippen LogP contribution in [-0.2, 0) is 4.79 Å². The molecule has 5 rings (SSSR count). The van der Waals surface area contributed by atoms with Crippen LogP contribution in [0.15, 0.2) is 30.3 Å². The van der Waals surface area contributed by atoms with Gasteiger partial charge in [0.25, 0.3) is 5.92 Å². The third kappa shape index (κ3) is 5.34. The lowest BCUT2D eigenvalue weighted by molar-refractivity contribution is -0.135. The molecule has 0 aliphatic carbocycles. The average Bonchev–Trinajstić information content (AvgIpc) is 3.40. The maximum absolute atomic E-state index is 13.8. The van der Waals surface area contributed by atoms with E-state index in [9.17, 15) is 18.7 Å². The van der Waals surface area contributed by atoms with Crippen LogP contribution in [0.2, 0.25) is 0 Å². The van der Waals surface area contributed by atoms with Gasteiger partial charge in [0.15, 0.2) is 0 Å². The van der Waals surface area contributed by atoms with E-state index in [-0.39, 0.29) is 12.5 Å². The molecule has 8 heteroatoms. The van der Waals surface area contributed by atoms with Crippen molar-refractivity contribution in [2.75, 3.05) is 32.8 Å². The largest absolute Gasteiger partial charge is 0.394 e. The zero-order chi connectivity index (χ0) is 27.2. The number of aliphatic hydroxyl groups is 1. The van der Waals surface area contributed by atoms with Gasteiger partial charge in [0.05, 0.1) is 31.4 Å². The van der Waals surface area contributed by atoms with Crippen molar-refractivity contribution in [3.8, 4) is 11.3 Å². The van der Waals surface area contributed by atoms with E-state index < -0.39 is 31.5 Å². The molecular formula is C30H38F2N4O2. The molecule has 0 radical (unpaired) electrons. The molecule has 204 valence electrons. The predicted octanol–water partition coefficient (Wildman–Crippen LogP) is 5.38. The van der Waals surface area contributed by atoms with Gasteiger partial charge in [-0.15, -0.1) is 0 Å². The molecule has 0 spiro atoms. The number of nitrogens with zero attached hydrogens (tertiary/aromatic N) is 3. The number of aryl methyl sites for hydroxylation is 2. The molecule has 1 amide bonds. The number of H-pyrrole nitrogens is 1. The highest BCUT2D eigenvalue weighted by molar-refractivity contribution is 5.92. The van der Waals surface area contributed by atoms with E-state index in [2.05, 4.69) is 59.0 Å². The van der Waals surface area contributed by atoms with Crippen LogP contribution in [0, 0.1) is 13.8 Å². The molecule has 2 fully saturated rings. The number of hydrogen-bond acceptors (Lipinski definition) is 4. The second-order valence-corrected chi connectivity index (χ2v) is 11.5. The summed E-state index contributed by atoms with van der Waals surface area (Å²) >= 11 is 0. The first-order valence-electron chi connectivity index (χ1n) is 13.7. The SMILES string of the molecule is Cc1cc(-c2[nH]c3ccc(C4CCN(CC(=O)N5CC(F)(F)CC5CO)CC4)cc3c2C(C)C)cc(C)n1. The number of aromatic amines is 1. The van der Waals surface area contributed by atoms with Crippen molar-refractivity contribution in [1.82, 2.24) is 19.8 Å². The average molecular weight is 525 g/mol. The lowest BCUT2D eigenvalue weighted by Gasteiger charge is -2.33. The van der Waals surface area contributed by atoms with Crippen LogP contribution in [0.4, 0.5) is 8.78 Å². The molecule has 1 unspecified atom stereocenters. The zero-order valence-electron chi connectivity index (χ0n) is 22.7. The van der Waals surface area contributed by atoms with Gasteiger partial charge in [0.2, 0.25) is 5.91 Å². The number of rotatable bonds is 6. The summed E-state index contributed by atoms with van der Waals surface area (Å²) in [5.74, 6) is -2.51. The first-order chi connectivity index (χ1) is 18.0. The number of halogens is 2. The smallest absolute Gasteiger partial charge is 0.267 e. The van der Waals surface area contributed by atoms with E-state index >= 15 is 0 Å². The Balaban J connectivity index is 1.31.